The third-order valence-electron chi connectivity index (χ3n) is 2.27. The predicted octanol–water partition coefficient (Wildman–Crippen LogP) is 2.50. The topological polar surface area (TPSA) is 50.7 Å². The Kier molecular flexibility index (Phi) is 3.59. The van der Waals surface area contributed by atoms with Gasteiger partial charge in [0.25, 0.3) is 0 Å². The molecule has 4 nitrogen and oxygen atoms in total. The lowest BCUT2D eigenvalue weighted by Gasteiger charge is -2.04. The average Bonchev–Trinajstić information content (AvgIpc) is 2.38. The van der Waals surface area contributed by atoms with Gasteiger partial charge in [-0.1, -0.05) is 6.92 Å². The second-order valence-corrected chi connectivity index (χ2v) is 3.59. The van der Waals surface area contributed by atoms with Crippen LogP contribution in [0.2, 0.25) is 0 Å². The summed E-state index contributed by atoms with van der Waals surface area (Å²) in [4.78, 5) is 3.69. The lowest BCUT2D eigenvalue weighted by Crippen LogP contribution is -2.03. The van der Waals surface area contributed by atoms with E-state index in [9.17, 15) is 4.39 Å². The van der Waals surface area contributed by atoms with Gasteiger partial charge in [0, 0.05) is 18.3 Å². The molecule has 17 heavy (non-hydrogen) atoms. The SMILES string of the molecule is CCCNc1ccc(-c2ccncc2F)nn1. The van der Waals surface area contributed by atoms with Crippen molar-refractivity contribution in [3.05, 3.63) is 36.4 Å². The number of pyridine rings is 1. The summed E-state index contributed by atoms with van der Waals surface area (Å²) in [7, 11) is 0. The average molecular weight is 232 g/mol. The second-order valence-electron chi connectivity index (χ2n) is 3.59. The zero-order chi connectivity index (χ0) is 12.1. The van der Waals surface area contributed by atoms with Crippen molar-refractivity contribution in [3.63, 3.8) is 0 Å². The molecule has 0 saturated carbocycles. The molecule has 0 aromatic carbocycles. The molecule has 0 aliphatic heterocycles. The van der Waals surface area contributed by atoms with Crippen LogP contribution in [-0.4, -0.2) is 21.7 Å². The summed E-state index contributed by atoms with van der Waals surface area (Å²) < 4.78 is 13.4. The van der Waals surface area contributed by atoms with Gasteiger partial charge in [-0.25, -0.2) is 4.39 Å². The molecule has 0 unspecified atom stereocenters. The van der Waals surface area contributed by atoms with E-state index in [4.69, 9.17) is 0 Å². The molecule has 0 bridgehead atoms. The van der Waals surface area contributed by atoms with Gasteiger partial charge < -0.3 is 5.32 Å². The van der Waals surface area contributed by atoms with Crippen molar-refractivity contribution in [2.75, 3.05) is 11.9 Å². The van der Waals surface area contributed by atoms with Gasteiger partial charge >= 0.3 is 0 Å². The van der Waals surface area contributed by atoms with E-state index < -0.39 is 5.82 Å². The number of aromatic nitrogens is 3. The molecule has 2 aromatic heterocycles. The van der Waals surface area contributed by atoms with Crippen LogP contribution >= 0.6 is 0 Å². The van der Waals surface area contributed by atoms with Gasteiger partial charge in [0.1, 0.15) is 5.82 Å². The van der Waals surface area contributed by atoms with Crippen LogP contribution in [0.4, 0.5) is 10.2 Å². The molecular formula is C12H13FN4. The summed E-state index contributed by atoms with van der Waals surface area (Å²) in [5, 5.41) is 11.1. The Balaban J connectivity index is 2.21. The Morgan fingerprint density at radius 1 is 1.24 bits per heavy atom. The first-order valence-corrected chi connectivity index (χ1v) is 5.48. The van der Waals surface area contributed by atoms with Gasteiger partial charge in [0.2, 0.25) is 0 Å². The third kappa shape index (κ3) is 2.75. The highest BCUT2D eigenvalue weighted by Crippen LogP contribution is 2.19. The Labute approximate surface area is 98.9 Å². The van der Waals surface area contributed by atoms with E-state index in [2.05, 4.69) is 27.4 Å². The van der Waals surface area contributed by atoms with Crippen LogP contribution in [-0.2, 0) is 0 Å². The van der Waals surface area contributed by atoms with Crippen molar-refractivity contribution < 1.29 is 4.39 Å². The Morgan fingerprint density at radius 2 is 2.12 bits per heavy atom. The van der Waals surface area contributed by atoms with Crippen molar-refractivity contribution in [3.8, 4) is 11.3 Å². The molecule has 0 atom stereocenters. The summed E-state index contributed by atoms with van der Waals surface area (Å²) in [6, 6.07) is 5.11. The number of hydrogen-bond acceptors (Lipinski definition) is 4. The maximum absolute atomic E-state index is 13.4. The van der Waals surface area contributed by atoms with Gasteiger partial charge in [-0.3, -0.25) is 4.98 Å². The summed E-state index contributed by atoms with van der Waals surface area (Å²) in [5.74, 6) is 0.307. The van der Waals surface area contributed by atoms with E-state index in [0.717, 1.165) is 13.0 Å². The molecule has 5 heteroatoms. The van der Waals surface area contributed by atoms with Gasteiger partial charge in [0.15, 0.2) is 5.82 Å². The number of hydrogen-bond donors (Lipinski definition) is 1. The summed E-state index contributed by atoms with van der Waals surface area (Å²) in [6.45, 7) is 2.92. The van der Waals surface area contributed by atoms with Crippen molar-refractivity contribution in [2.24, 2.45) is 0 Å². The van der Waals surface area contributed by atoms with Crippen LogP contribution in [0.1, 0.15) is 13.3 Å². The molecule has 2 heterocycles. The van der Waals surface area contributed by atoms with Crippen LogP contribution in [0.5, 0.6) is 0 Å². The molecule has 0 fully saturated rings. The van der Waals surface area contributed by atoms with Crippen LogP contribution in [0.3, 0.4) is 0 Å². The van der Waals surface area contributed by atoms with E-state index in [0.29, 0.717) is 17.1 Å². The number of nitrogens with zero attached hydrogens (tertiary/aromatic N) is 3. The quantitative estimate of drug-likeness (QED) is 0.879. The molecule has 0 aliphatic carbocycles. The summed E-state index contributed by atoms with van der Waals surface area (Å²) >= 11 is 0. The normalized spacial score (nSPS) is 10.2. The zero-order valence-electron chi connectivity index (χ0n) is 9.52. The van der Waals surface area contributed by atoms with Crippen molar-refractivity contribution >= 4 is 5.82 Å². The largest absolute Gasteiger partial charge is 0.369 e. The van der Waals surface area contributed by atoms with Gasteiger partial charge in [-0.05, 0) is 24.6 Å². The van der Waals surface area contributed by atoms with Gasteiger partial charge in [0.05, 0.1) is 11.9 Å². The lowest BCUT2D eigenvalue weighted by atomic mass is 10.2. The molecule has 2 aromatic rings. The number of rotatable bonds is 4. The number of anilines is 1. The minimum absolute atomic E-state index is 0.393. The van der Waals surface area contributed by atoms with E-state index in [1.165, 1.54) is 12.4 Å². The maximum Gasteiger partial charge on any atom is 0.150 e. The van der Waals surface area contributed by atoms with Gasteiger partial charge in [-0.15, -0.1) is 10.2 Å². The lowest BCUT2D eigenvalue weighted by molar-refractivity contribution is 0.624. The van der Waals surface area contributed by atoms with E-state index in [1.807, 2.05) is 0 Å². The second kappa shape index (κ2) is 5.34. The van der Waals surface area contributed by atoms with E-state index >= 15 is 0 Å². The van der Waals surface area contributed by atoms with Crippen molar-refractivity contribution in [2.45, 2.75) is 13.3 Å². The number of nitrogens with one attached hydrogen (secondary N) is 1. The monoisotopic (exact) mass is 232 g/mol. The highest BCUT2D eigenvalue weighted by atomic mass is 19.1. The van der Waals surface area contributed by atoms with Crippen molar-refractivity contribution in [1.29, 1.82) is 0 Å². The molecule has 0 aliphatic rings. The highest BCUT2D eigenvalue weighted by Gasteiger charge is 2.06. The molecule has 1 N–H and O–H groups in total. The van der Waals surface area contributed by atoms with Crippen LogP contribution in [0, 0.1) is 5.82 Å². The van der Waals surface area contributed by atoms with E-state index in [-0.39, 0.29) is 0 Å². The fraction of sp³-hybridized carbons (Fsp3) is 0.250. The molecule has 2 rings (SSSR count). The van der Waals surface area contributed by atoms with Crippen LogP contribution in [0.25, 0.3) is 11.3 Å². The molecule has 88 valence electrons. The van der Waals surface area contributed by atoms with Crippen LogP contribution in [0.15, 0.2) is 30.6 Å². The Bertz CT molecular complexity index is 484. The first-order valence-electron chi connectivity index (χ1n) is 5.48. The third-order valence-corrected chi connectivity index (χ3v) is 2.27. The highest BCUT2D eigenvalue weighted by molar-refractivity contribution is 5.59. The molecule has 0 amide bonds. The molecule has 0 radical (unpaired) electrons. The minimum Gasteiger partial charge on any atom is -0.369 e. The minimum atomic E-state index is -0.393. The fourth-order valence-corrected chi connectivity index (χ4v) is 1.41. The first-order chi connectivity index (χ1) is 8.31. The maximum atomic E-state index is 13.4. The molecular weight excluding hydrogens is 219 g/mol. The smallest absolute Gasteiger partial charge is 0.150 e. The predicted molar refractivity (Wildman–Crippen MR) is 64.0 cm³/mol. The van der Waals surface area contributed by atoms with Gasteiger partial charge in [-0.2, -0.15) is 0 Å². The van der Waals surface area contributed by atoms with Crippen LogP contribution < -0.4 is 5.32 Å². The number of halogens is 1. The first kappa shape index (κ1) is 11.4. The Morgan fingerprint density at radius 3 is 2.76 bits per heavy atom. The zero-order valence-corrected chi connectivity index (χ0v) is 9.52. The fourth-order valence-electron chi connectivity index (χ4n) is 1.41. The summed E-state index contributed by atoms with van der Waals surface area (Å²) in [6.07, 6.45) is 3.71. The molecule has 0 saturated heterocycles. The standard InChI is InChI=1S/C12H13FN4/c1-2-6-15-12-4-3-11(16-17-12)9-5-7-14-8-10(9)13/h3-5,7-8H,2,6H2,1H3,(H,15,17). The van der Waals surface area contributed by atoms with Crippen molar-refractivity contribution in [1.82, 2.24) is 15.2 Å². The van der Waals surface area contributed by atoms with E-state index in [1.54, 1.807) is 18.2 Å². The summed E-state index contributed by atoms with van der Waals surface area (Å²) in [5.41, 5.74) is 0.918. The Hall–Kier alpha value is -2.04. The molecule has 0 spiro atoms.